The summed E-state index contributed by atoms with van der Waals surface area (Å²) in [6, 6.07) is 14.0. The van der Waals surface area contributed by atoms with E-state index in [1.54, 1.807) is 11.8 Å². The second-order valence-electron chi connectivity index (χ2n) is 4.92. The van der Waals surface area contributed by atoms with Crippen molar-refractivity contribution in [2.45, 2.75) is 18.7 Å². The van der Waals surface area contributed by atoms with E-state index in [0.717, 1.165) is 21.8 Å². The van der Waals surface area contributed by atoms with Crippen molar-refractivity contribution in [3.63, 3.8) is 0 Å². The van der Waals surface area contributed by atoms with Crippen molar-refractivity contribution in [1.82, 2.24) is 0 Å². The van der Waals surface area contributed by atoms with Gasteiger partial charge in [0.15, 0.2) is 0 Å². The van der Waals surface area contributed by atoms with Gasteiger partial charge in [0, 0.05) is 16.3 Å². The zero-order chi connectivity index (χ0) is 15.2. The number of thioether (sulfide) groups is 1. The number of anilines is 2. The number of rotatable bonds is 5. The maximum absolute atomic E-state index is 12.0. The number of carbonyl (C=O) groups is 1. The quantitative estimate of drug-likeness (QED) is 0.818. The zero-order valence-corrected chi connectivity index (χ0v) is 13.4. The number of aryl methyl sites for hydroxylation is 2. The van der Waals surface area contributed by atoms with Crippen molar-refractivity contribution < 1.29 is 4.79 Å². The van der Waals surface area contributed by atoms with Gasteiger partial charge < -0.3 is 10.6 Å². The third-order valence-corrected chi connectivity index (χ3v) is 4.00. The van der Waals surface area contributed by atoms with E-state index in [0.29, 0.717) is 0 Å². The molecule has 0 saturated carbocycles. The monoisotopic (exact) mass is 300 g/mol. The summed E-state index contributed by atoms with van der Waals surface area (Å²) in [5.41, 5.74) is 4.12. The van der Waals surface area contributed by atoms with E-state index in [9.17, 15) is 4.79 Å². The van der Waals surface area contributed by atoms with Gasteiger partial charge in [0.2, 0.25) is 5.91 Å². The van der Waals surface area contributed by atoms with E-state index in [4.69, 9.17) is 0 Å². The molecule has 0 fully saturated rings. The highest BCUT2D eigenvalue weighted by molar-refractivity contribution is 7.98. The molecule has 0 unspecified atom stereocenters. The summed E-state index contributed by atoms with van der Waals surface area (Å²) in [6.07, 6.45) is 2.02. The van der Waals surface area contributed by atoms with E-state index >= 15 is 0 Å². The van der Waals surface area contributed by atoms with Crippen molar-refractivity contribution in [2.75, 3.05) is 23.4 Å². The molecule has 2 aromatic carbocycles. The van der Waals surface area contributed by atoms with Crippen LogP contribution in [0.1, 0.15) is 11.1 Å². The molecule has 0 aliphatic carbocycles. The molecule has 0 spiro atoms. The van der Waals surface area contributed by atoms with Gasteiger partial charge in [-0.1, -0.05) is 29.8 Å². The third-order valence-electron chi connectivity index (χ3n) is 3.20. The molecular formula is C17H20N2OS. The molecule has 3 nitrogen and oxygen atoms in total. The first-order valence-corrected chi connectivity index (χ1v) is 8.06. The number of hydrogen-bond donors (Lipinski definition) is 2. The molecule has 2 N–H and O–H groups in total. The molecule has 4 heteroatoms. The first-order chi connectivity index (χ1) is 10.1. The lowest BCUT2D eigenvalue weighted by Gasteiger charge is -2.12. The van der Waals surface area contributed by atoms with Crippen LogP contribution in [0.3, 0.4) is 0 Å². The maximum Gasteiger partial charge on any atom is 0.243 e. The van der Waals surface area contributed by atoms with Crippen LogP contribution in [0.15, 0.2) is 47.4 Å². The number of amides is 1. The molecule has 0 aliphatic rings. The number of carbonyl (C=O) groups excluding carboxylic acids is 1. The van der Waals surface area contributed by atoms with E-state index in [2.05, 4.69) is 16.7 Å². The van der Waals surface area contributed by atoms with Gasteiger partial charge >= 0.3 is 0 Å². The van der Waals surface area contributed by atoms with E-state index < -0.39 is 0 Å². The fourth-order valence-electron chi connectivity index (χ4n) is 2.11. The lowest BCUT2D eigenvalue weighted by molar-refractivity contribution is -0.114. The molecule has 0 heterocycles. The van der Waals surface area contributed by atoms with Crippen LogP contribution in [0.5, 0.6) is 0 Å². The topological polar surface area (TPSA) is 41.1 Å². The molecule has 2 rings (SSSR count). The maximum atomic E-state index is 12.0. The molecular weight excluding hydrogens is 280 g/mol. The smallest absolute Gasteiger partial charge is 0.243 e. The normalized spacial score (nSPS) is 10.2. The van der Waals surface area contributed by atoms with Crippen LogP contribution in [0, 0.1) is 13.8 Å². The minimum Gasteiger partial charge on any atom is -0.375 e. The highest BCUT2D eigenvalue weighted by Gasteiger charge is 2.06. The van der Waals surface area contributed by atoms with E-state index in [-0.39, 0.29) is 12.5 Å². The Morgan fingerprint density at radius 3 is 2.57 bits per heavy atom. The van der Waals surface area contributed by atoms with Crippen molar-refractivity contribution in [3.05, 3.63) is 53.6 Å². The zero-order valence-electron chi connectivity index (χ0n) is 12.6. The number of para-hydroxylation sites is 1. The van der Waals surface area contributed by atoms with Crippen molar-refractivity contribution in [3.8, 4) is 0 Å². The predicted octanol–water partition coefficient (Wildman–Crippen LogP) is 4.08. The number of hydrogen-bond acceptors (Lipinski definition) is 3. The minimum absolute atomic E-state index is 0.0436. The average Bonchev–Trinajstić information content (AvgIpc) is 2.48. The summed E-state index contributed by atoms with van der Waals surface area (Å²) in [4.78, 5) is 13.2. The predicted molar refractivity (Wildman–Crippen MR) is 91.3 cm³/mol. The van der Waals surface area contributed by atoms with Crippen LogP contribution < -0.4 is 10.6 Å². The summed E-state index contributed by atoms with van der Waals surface area (Å²) in [7, 11) is 0. The largest absolute Gasteiger partial charge is 0.375 e. The summed E-state index contributed by atoms with van der Waals surface area (Å²) >= 11 is 1.66. The Morgan fingerprint density at radius 1 is 1.10 bits per heavy atom. The van der Waals surface area contributed by atoms with Crippen molar-refractivity contribution in [1.29, 1.82) is 0 Å². The van der Waals surface area contributed by atoms with Gasteiger partial charge in [-0.15, -0.1) is 11.8 Å². The second kappa shape index (κ2) is 7.18. The van der Waals surface area contributed by atoms with Gasteiger partial charge in [0.25, 0.3) is 0 Å². The Balaban J connectivity index is 1.96. The lowest BCUT2D eigenvalue weighted by atomic mass is 10.1. The molecule has 0 radical (unpaired) electrons. The van der Waals surface area contributed by atoms with Crippen LogP contribution >= 0.6 is 11.8 Å². The highest BCUT2D eigenvalue weighted by Crippen LogP contribution is 2.24. The number of nitrogens with one attached hydrogen (secondary N) is 2. The first kappa shape index (κ1) is 15.4. The van der Waals surface area contributed by atoms with Crippen LogP contribution in [0.25, 0.3) is 0 Å². The van der Waals surface area contributed by atoms with Crippen molar-refractivity contribution in [2.24, 2.45) is 0 Å². The molecule has 0 aromatic heterocycles. The Kier molecular flexibility index (Phi) is 5.28. The van der Waals surface area contributed by atoms with E-state index in [1.165, 1.54) is 5.56 Å². The van der Waals surface area contributed by atoms with E-state index in [1.807, 2.05) is 56.5 Å². The Morgan fingerprint density at radius 2 is 1.86 bits per heavy atom. The van der Waals surface area contributed by atoms with Gasteiger partial charge in [-0.2, -0.15) is 0 Å². The van der Waals surface area contributed by atoms with Crippen LogP contribution in [0.2, 0.25) is 0 Å². The number of benzene rings is 2. The average molecular weight is 300 g/mol. The first-order valence-electron chi connectivity index (χ1n) is 6.84. The summed E-state index contributed by atoms with van der Waals surface area (Å²) in [5, 5.41) is 6.12. The van der Waals surface area contributed by atoms with Gasteiger partial charge in [-0.05, 0) is 43.9 Å². The van der Waals surface area contributed by atoms with Gasteiger partial charge in [-0.25, -0.2) is 0 Å². The molecule has 21 heavy (non-hydrogen) atoms. The standard InChI is InChI=1S/C17H20N2OS/c1-12-8-9-14(13(2)10-12)19-17(20)11-18-15-6-4-5-7-16(15)21-3/h4-10,18H,11H2,1-3H3,(H,19,20). The summed E-state index contributed by atoms with van der Waals surface area (Å²) < 4.78 is 0. The molecule has 0 bridgehead atoms. The van der Waals surface area contributed by atoms with Crippen LogP contribution in [0.4, 0.5) is 11.4 Å². The van der Waals surface area contributed by atoms with Crippen LogP contribution in [-0.2, 0) is 4.79 Å². The summed E-state index contributed by atoms with van der Waals surface area (Å²) in [6.45, 7) is 4.30. The van der Waals surface area contributed by atoms with Crippen molar-refractivity contribution >= 4 is 29.0 Å². The lowest BCUT2D eigenvalue weighted by Crippen LogP contribution is -2.22. The van der Waals surface area contributed by atoms with Gasteiger partial charge in [0.05, 0.1) is 6.54 Å². The third kappa shape index (κ3) is 4.26. The minimum atomic E-state index is -0.0436. The fraction of sp³-hybridized carbons (Fsp3) is 0.235. The Bertz CT molecular complexity index is 640. The Labute approximate surface area is 130 Å². The van der Waals surface area contributed by atoms with Gasteiger partial charge in [0.1, 0.15) is 0 Å². The second-order valence-corrected chi connectivity index (χ2v) is 5.77. The fourth-order valence-corrected chi connectivity index (χ4v) is 2.69. The van der Waals surface area contributed by atoms with Gasteiger partial charge in [-0.3, -0.25) is 4.79 Å². The van der Waals surface area contributed by atoms with Crippen LogP contribution in [-0.4, -0.2) is 18.7 Å². The molecule has 0 aliphatic heterocycles. The Hall–Kier alpha value is -1.94. The summed E-state index contributed by atoms with van der Waals surface area (Å²) in [5.74, 6) is -0.0436. The molecule has 2 aromatic rings. The SMILES string of the molecule is CSc1ccccc1NCC(=O)Nc1ccc(C)cc1C. The molecule has 0 saturated heterocycles. The molecule has 0 atom stereocenters. The molecule has 110 valence electrons. The molecule has 1 amide bonds. The highest BCUT2D eigenvalue weighted by atomic mass is 32.2.